The maximum atomic E-state index is 13.5. The molecule has 206 valence electrons. The molecule has 5 rings (SSSR count). The number of ether oxygens (including phenoxy) is 1. The molecule has 6 nitrogen and oxygen atoms in total. The first kappa shape index (κ1) is 28.0. The van der Waals surface area contributed by atoms with Crippen LogP contribution in [0.4, 0.5) is 4.39 Å². The molecule has 0 saturated heterocycles. The highest BCUT2D eigenvalue weighted by Crippen LogP contribution is 2.30. The lowest BCUT2D eigenvalue weighted by Crippen LogP contribution is -2.29. The summed E-state index contributed by atoms with van der Waals surface area (Å²) < 4.78 is 21.1. The number of carbonyl (C=O) groups is 1. The third kappa shape index (κ3) is 6.46. The number of rotatable bonds is 10. The van der Waals surface area contributed by atoms with Crippen molar-refractivity contribution in [1.82, 2.24) is 14.3 Å². The highest BCUT2D eigenvalue weighted by Gasteiger charge is 2.19. The fourth-order valence-corrected chi connectivity index (χ4v) is 4.97. The van der Waals surface area contributed by atoms with Crippen molar-refractivity contribution in [2.24, 2.45) is 0 Å². The molecule has 41 heavy (non-hydrogen) atoms. The smallest absolute Gasteiger partial charge is 0.338 e. The molecule has 5 aromatic rings. The number of aromatic nitrogens is 2. The van der Waals surface area contributed by atoms with Crippen molar-refractivity contribution in [3.05, 3.63) is 119 Å². The molecule has 0 spiro atoms. The van der Waals surface area contributed by atoms with E-state index in [9.17, 15) is 14.4 Å². The van der Waals surface area contributed by atoms with E-state index in [4.69, 9.17) is 21.3 Å². The Hall–Kier alpha value is -4.51. The minimum Gasteiger partial charge on any atom is -0.461 e. The van der Waals surface area contributed by atoms with Gasteiger partial charge in [-0.15, -0.1) is 0 Å². The molecule has 0 fully saturated rings. The summed E-state index contributed by atoms with van der Waals surface area (Å²) in [5.41, 5.74) is 6.02. The van der Waals surface area contributed by atoms with E-state index >= 15 is 0 Å². The van der Waals surface area contributed by atoms with Gasteiger partial charge in [-0.1, -0.05) is 54.9 Å². The number of pyridine rings is 1. The van der Waals surface area contributed by atoms with Crippen LogP contribution < -0.4 is 0 Å². The van der Waals surface area contributed by atoms with Gasteiger partial charge in [0.15, 0.2) is 0 Å². The Morgan fingerprint density at radius 2 is 1.80 bits per heavy atom. The monoisotopic (exact) mass is 566 g/mol. The first-order chi connectivity index (χ1) is 20.0. The zero-order chi connectivity index (χ0) is 28.8. The molecule has 0 radical (unpaired) electrons. The van der Waals surface area contributed by atoms with Crippen LogP contribution in [0, 0.1) is 17.1 Å². The van der Waals surface area contributed by atoms with Crippen LogP contribution in [0.15, 0.2) is 91.1 Å². The summed E-state index contributed by atoms with van der Waals surface area (Å²) in [5, 5.41) is 10.3. The summed E-state index contributed by atoms with van der Waals surface area (Å²) in [5.74, 6) is -1.04. The first-order valence-electron chi connectivity index (χ1n) is 13.4. The lowest BCUT2D eigenvalue weighted by Gasteiger charge is -2.22. The van der Waals surface area contributed by atoms with Crippen molar-refractivity contribution < 1.29 is 13.9 Å². The molecular formula is C33H28ClFN4O2. The van der Waals surface area contributed by atoms with Crippen LogP contribution in [-0.2, 0) is 11.3 Å². The van der Waals surface area contributed by atoms with Crippen LogP contribution >= 0.6 is 11.6 Å². The fraction of sp³-hybridized carbons (Fsp3) is 0.182. The van der Waals surface area contributed by atoms with Gasteiger partial charge in [-0.2, -0.15) is 5.26 Å². The summed E-state index contributed by atoms with van der Waals surface area (Å²) in [6.45, 7) is 4.04. The summed E-state index contributed by atoms with van der Waals surface area (Å²) in [6.07, 6.45) is 2.91. The van der Waals surface area contributed by atoms with Gasteiger partial charge in [0.25, 0.3) is 0 Å². The molecule has 0 saturated carbocycles. The lowest BCUT2D eigenvalue weighted by atomic mass is 10.0. The standard InChI is InChI=1S/C33H28ClFN4O2/c1-2-16-38(17-18-41-33(40)24-7-5-8-28(35)19-24)22-30-32(23-10-13-27(34)14-11-23)37-31-15-12-26(21-39(30)31)29-9-4-3-6-25(29)20-36/h3-15,19,21H,2,16-18,22H2,1H3. The van der Waals surface area contributed by atoms with Crippen molar-refractivity contribution in [1.29, 1.82) is 5.26 Å². The number of hydrogen-bond acceptors (Lipinski definition) is 5. The Kier molecular flexibility index (Phi) is 8.73. The van der Waals surface area contributed by atoms with Gasteiger partial charge in [0.1, 0.15) is 18.1 Å². The van der Waals surface area contributed by atoms with E-state index in [-0.39, 0.29) is 12.2 Å². The van der Waals surface area contributed by atoms with Crippen LogP contribution in [0.5, 0.6) is 0 Å². The van der Waals surface area contributed by atoms with Crippen molar-refractivity contribution in [2.45, 2.75) is 19.9 Å². The number of carbonyl (C=O) groups excluding carboxylic acids is 1. The SMILES string of the molecule is CCCN(CCOC(=O)c1cccc(F)c1)Cc1c(-c2ccc(Cl)cc2)nc2ccc(-c3ccccc3C#N)cn12. The Morgan fingerprint density at radius 1 is 1.02 bits per heavy atom. The van der Waals surface area contributed by atoms with E-state index in [1.807, 2.05) is 66.9 Å². The predicted molar refractivity (Wildman–Crippen MR) is 158 cm³/mol. The topological polar surface area (TPSA) is 70.6 Å². The third-order valence-electron chi connectivity index (χ3n) is 6.81. The van der Waals surface area contributed by atoms with Crippen LogP contribution in [0.2, 0.25) is 5.02 Å². The summed E-state index contributed by atoms with van der Waals surface area (Å²) >= 11 is 6.17. The van der Waals surface area contributed by atoms with Crippen LogP contribution in [0.1, 0.15) is 35.0 Å². The molecule has 2 aromatic heterocycles. The minimum absolute atomic E-state index is 0.156. The quantitative estimate of drug-likeness (QED) is 0.165. The molecule has 0 amide bonds. The molecule has 8 heteroatoms. The van der Waals surface area contributed by atoms with Crippen LogP contribution in [0.25, 0.3) is 28.0 Å². The van der Waals surface area contributed by atoms with Crippen molar-refractivity contribution in [3.63, 3.8) is 0 Å². The fourth-order valence-electron chi connectivity index (χ4n) is 4.84. The van der Waals surface area contributed by atoms with Crippen molar-refractivity contribution in [2.75, 3.05) is 19.7 Å². The minimum atomic E-state index is -0.557. The second kappa shape index (κ2) is 12.8. The van der Waals surface area contributed by atoms with E-state index in [2.05, 4.69) is 22.3 Å². The highest BCUT2D eigenvalue weighted by molar-refractivity contribution is 6.30. The number of esters is 1. The molecule has 2 heterocycles. The Balaban J connectivity index is 1.47. The van der Waals surface area contributed by atoms with Crippen molar-refractivity contribution >= 4 is 23.2 Å². The second-order valence-corrected chi connectivity index (χ2v) is 10.1. The third-order valence-corrected chi connectivity index (χ3v) is 7.06. The van der Waals surface area contributed by atoms with Gasteiger partial charge in [0.05, 0.1) is 28.6 Å². The van der Waals surface area contributed by atoms with E-state index in [0.29, 0.717) is 23.7 Å². The van der Waals surface area contributed by atoms with Gasteiger partial charge in [-0.3, -0.25) is 4.90 Å². The Labute approximate surface area is 243 Å². The second-order valence-electron chi connectivity index (χ2n) is 9.64. The van der Waals surface area contributed by atoms with Crippen LogP contribution in [-0.4, -0.2) is 40.0 Å². The summed E-state index contributed by atoms with van der Waals surface area (Å²) in [4.78, 5) is 19.6. The lowest BCUT2D eigenvalue weighted by molar-refractivity contribution is 0.0456. The number of halogens is 2. The number of imidazole rings is 1. The summed E-state index contributed by atoms with van der Waals surface area (Å²) in [6, 6.07) is 26.8. The number of benzene rings is 3. The Bertz CT molecular complexity index is 1730. The largest absolute Gasteiger partial charge is 0.461 e. The Morgan fingerprint density at radius 3 is 2.56 bits per heavy atom. The van der Waals surface area contributed by atoms with E-state index in [1.54, 1.807) is 0 Å². The van der Waals surface area contributed by atoms with Crippen molar-refractivity contribution in [3.8, 4) is 28.5 Å². The average molecular weight is 567 g/mol. The summed E-state index contributed by atoms with van der Waals surface area (Å²) in [7, 11) is 0. The number of nitrogens with zero attached hydrogens (tertiary/aromatic N) is 4. The maximum absolute atomic E-state index is 13.5. The number of fused-ring (bicyclic) bond motifs is 1. The van der Waals surface area contributed by atoms with Gasteiger partial charge >= 0.3 is 5.97 Å². The van der Waals surface area contributed by atoms with E-state index in [0.717, 1.165) is 46.7 Å². The van der Waals surface area contributed by atoms with Gasteiger partial charge in [0, 0.05) is 35.4 Å². The van der Waals surface area contributed by atoms with Gasteiger partial charge in [-0.25, -0.2) is 14.2 Å². The number of nitriles is 1. The molecule has 0 aliphatic carbocycles. The highest BCUT2D eigenvalue weighted by atomic mass is 35.5. The molecule has 0 unspecified atom stereocenters. The normalized spacial score (nSPS) is 11.1. The molecule has 0 N–H and O–H groups in total. The zero-order valence-corrected chi connectivity index (χ0v) is 23.3. The predicted octanol–water partition coefficient (Wildman–Crippen LogP) is 7.40. The van der Waals surface area contributed by atoms with Crippen LogP contribution in [0.3, 0.4) is 0 Å². The van der Waals surface area contributed by atoms with E-state index < -0.39 is 11.8 Å². The van der Waals surface area contributed by atoms with Gasteiger partial charge in [-0.05, 0) is 67.1 Å². The van der Waals surface area contributed by atoms with Gasteiger partial charge < -0.3 is 9.14 Å². The zero-order valence-electron chi connectivity index (χ0n) is 22.6. The molecular weight excluding hydrogens is 539 g/mol. The first-order valence-corrected chi connectivity index (χ1v) is 13.8. The molecule has 0 aliphatic heterocycles. The van der Waals surface area contributed by atoms with E-state index in [1.165, 1.54) is 24.3 Å². The molecule has 3 aromatic carbocycles. The molecule has 0 bridgehead atoms. The maximum Gasteiger partial charge on any atom is 0.338 e. The molecule has 0 aliphatic rings. The molecule has 0 atom stereocenters. The number of hydrogen-bond donors (Lipinski definition) is 0. The van der Waals surface area contributed by atoms with Gasteiger partial charge in [0.2, 0.25) is 0 Å². The average Bonchev–Trinajstić information content (AvgIpc) is 3.34.